The first-order valence-electron chi connectivity index (χ1n) is 7.72. The minimum Gasteiger partial charge on any atom is -0.351 e. The maximum absolute atomic E-state index is 12.3. The van der Waals surface area contributed by atoms with Gasteiger partial charge in [-0.1, -0.05) is 19.1 Å². The Morgan fingerprint density at radius 3 is 3.10 bits per heavy atom. The Morgan fingerprint density at radius 1 is 1.48 bits per heavy atom. The average molecular weight is 286 g/mol. The van der Waals surface area contributed by atoms with E-state index in [4.69, 9.17) is 0 Å². The van der Waals surface area contributed by atoms with Crippen LogP contribution in [0.3, 0.4) is 0 Å². The number of hydrogen-bond acceptors (Lipinski definition) is 3. The lowest BCUT2D eigenvalue weighted by Crippen LogP contribution is -2.46. The van der Waals surface area contributed by atoms with E-state index < -0.39 is 0 Å². The number of para-hydroxylation sites is 2. The maximum Gasteiger partial charge on any atom is 0.240 e. The fraction of sp³-hybridized carbons (Fsp3) is 0.500. The van der Waals surface area contributed by atoms with E-state index >= 15 is 0 Å². The molecule has 5 nitrogen and oxygen atoms in total. The Bertz CT molecular complexity index is 628. The summed E-state index contributed by atoms with van der Waals surface area (Å²) < 4.78 is 2.03. The Kier molecular flexibility index (Phi) is 4.20. The topological polar surface area (TPSA) is 59.0 Å². The molecule has 0 spiro atoms. The van der Waals surface area contributed by atoms with E-state index in [0.717, 1.165) is 49.2 Å². The summed E-state index contributed by atoms with van der Waals surface area (Å²) >= 11 is 0. The molecule has 0 bridgehead atoms. The van der Waals surface area contributed by atoms with Crippen molar-refractivity contribution in [1.82, 2.24) is 20.2 Å². The second kappa shape index (κ2) is 6.26. The minimum atomic E-state index is 0.0709. The van der Waals surface area contributed by atoms with E-state index in [2.05, 4.69) is 22.5 Å². The van der Waals surface area contributed by atoms with Gasteiger partial charge in [-0.15, -0.1) is 0 Å². The van der Waals surface area contributed by atoms with Crippen LogP contribution in [0.5, 0.6) is 0 Å². The van der Waals surface area contributed by atoms with Crippen LogP contribution < -0.4 is 10.6 Å². The first kappa shape index (κ1) is 14.1. The summed E-state index contributed by atoms with van der Waals surface area (Å²) in [6.07, 6.45) is 3.01. The van der Waals surface area contributed by atoms with E-state index in [1.54, 1.807) is 0 Å². The first-order valence-corrected chi connectivity index (χ1v) is 7.72. The number of hydrogen-bond donors (Lipinski definition) is 2. The molecule has 1 saturated heterocycles. The van der Waals surface area contributed by atoms with E-state index in [1.165, 1.54) is 0 Å². The number of amides is 1. The van der Waals surface area contributed by atoms with Crippen molar-refractivity contribution < 1.29 is 4.79 Å². The standard InChI is InChI=1S/C16H22N4O/c1-2-15-19-13-7-3-4-8-14(13)20(15)11-16(21)18-12-6-5-9-17-10-12/h3-4,7-8,12,17H,2,5-6,9-11H2,1H3,(H,18,21)/t12-/m0/s1. The van der Waals surface area contributed by atoms with Gasteiger partial charge in [-0.05, 0) is 31.5 Å². The number of aryl methyl sites for hydroxylation is 1. The number of piperidine rings is 1. The van der Waals surface area contributed by atoms with Gasteiger partial charge in [0.15, 0.2) is 0 Å². The van der Waals surface area contributed by atoms with Gasteiger partial charge >= 0.3 is 0 Å². The lowest BCUT2D eigenvalue weighted by molar-refractivity contribution is -0.122. The number of imidazole rings is 1. The molecule has 2 aromatic rings. The summed E-state index contributed by atoms with van der Waals surface area (Å²) in [4.78, 5) is 16.9. The molecule has 1 aromatic heterocycles. The third kappa shape index (κ3) is 3.08. The highest BCUT2D eigenvalue weighted by Gasteiger charge is 2.17. The SMILES string of the molecule is CCc1nc2ccccc2n1CC(=O)N[C@H]1CCCNC1. The van der Waals surface area contributed by atoms with Crippen molar-refractivity contribution in [2.24, 2.45) is 0 Å². The van der Waals surface area contributed by atoms with Gasteiger partial charge in [-0.2, -0.15) is 0 Å². The highest BCUT2D eigenvalue weighted by molar-refractivity contribution is 5.81. The zero-order chi connectivity index (χ0) is 14.7. The molecule has 0 aliphatic carbocycles. The molecule has 0 unspecified atom stereocenters. The second-order valence-electron chi connectivity index (χ2n) is 5.57. The van der Waals surface area contributed by atoms with Crippen molar-refractivity contribution in [2.75, 3.05) is 13.1 Å². The molecule has 5 heteroatoms. The highest BCUT2D eigenvalue weighted by atomic mass is 16.2. The van der Waals surface area contributed by atoms with Crippen LogP contribution in [0.2, 0.25) is 0 Å². The molecular formula is C16H22N4O. The number of carbonyl (C=O) groups is 1. The summed E-state index contributed by atoms with van der Waals surface area (Å²) in [6.45, 7) is 4.34. The molecule has 21 heavy (non-hydrogen) atoms. The molecule has 1 fully saturated rings. The number of benzene rings is 1. The minimum absolute atomic E-state index is 0.0709. The van der Waals surface area contributed by atoms with Crippen LogP contribution in [-0.2, 0) is 17.8 Å². The van der Waals surface area contributed by atoms with E-state index in [1.807, 2.05) is 28.8 Å². The molecule has 112 valence electrons. The largest absolute Gasteiger partial charge is 0.351 e. The van der Waals surface area contributed by atoms with Gasteiger partial charge in [0.25, 0.3) is 0 Å². The van der Waals surface area contributed by atoms with E-state index in [-0.39, 0.29) is 11.9 Å². The predicted octanol–water partition coefficient (Wildman–Crippen LogP) is 1.47. The number of aromatic nitrogens is 2. The van der Waals surface area contributed by atoms with Crippen molar-refractivity contribution >= 4 is 16.9 Å². The lowest BCUT2D eigenvalue weighted by Gasteiger charge is -2.24. The summed E-state index contributed by atoms with van der Waals surface area (Å²) in [5, 5.41) is 6.44. The zero-order valence-corrected chi connectivity index (χ0v) is 12.4. The summed E-state index contributed by atoms with van der Waals surface area (Å²) in [7, 11) is 0. The monoisotopic (exact) mass is 286 g/mol. The maximum atomic E-state index is 12.3. The van der Waals surface area contributed by atoms with Crippen molar-refractivity contribution in [3.63, 3.8) is 0 Å². The van der Waals surface area contributed by atoms with Gasteiger partial charge < -0.3 is 15.2 Å². The van der Waals surface area contributed by atoms with Crippen molar-refractivity contribution in [3.8, 4) is 0 Å². The molecule has 2 N–H and O–H groups in total. The van der Waals surface area contributed by atoms with Crippen LogP contribution >= 0.6 is 0 Å². The Balaban J connectivity index is 1.75. The van der Waals surface area contributed by atoms with Crippen LogP contribution in [0.15, 0.2) is 24.3 Å². The van der Waals surface area contributed by atoms with Gasteiger partial charge in [0, 0.05) is 19.0 Å². The van der Waals surface area contributed by atoms with Gasteiger partial charge in [0.05, 0.1) is 11.0 Å². The molecule has 2 heterocycles. The fourth-order valence-corrected chi connectivity index (χ4v) is 2.96. The zero-order valence-electron chi connectivity index (χ0n) is 12.4. The van der Waals surface area contributed by atoms with E-state index in [0.29, 0.717) is 6.54 Å². The predicted molar refractivity (Wildman–Crippen MR) is 83.1 cm³/mol. The van der Waals surface area contributed by atoms with Crippen LogP contribution in [0, 0.1) is 0 Å². The molecule has 1 amide bonds. The quantitative estimate of drug-likeness (QED) is 0.895. The fourth-order valence-electron chi connectivity index (χ4n) is 2.96. The Labute approximate surface area is 124 Å². The molecular weight excluding hydrogens is 264 g/mol. The smallest absolute Gasteiger partial charge is 0.240 e. The number of carbonyl (C=O) groups excluding carboxylic acids is 1. The average Bonchev–Trinajstić information content (AvgIpc) is 2.86. The number of nitrogens with zero attached hydrogens (tertiary/aromatic N) is 2. The second-order valence-corrected chi connectivity index (χ2v) is 5.57. The molecule has 3 rings (SSSR count). The number of nitrogens with one attached hydrogen (secondary N) is 2. The first-order chi connectivity index (χ1) is 10.3. The third-order valence-corrected chi connectivity index (χ3v) is 4.01. The van der Waals surface area contributed by atoms with Gasteiger partial charge in [0.1, 0.15) is 12.4 Å². The van der Waals surface area contributed by atoms with Crippen LogP contribution in [0.1, 0.15) is 25.6 Å². The molecule has 1 atom stereocenters. The van der Waals surface area contributed by atoms with Gasteiger partial charge in [0.2, 0.25) is 5.91 Å². The number of rotatable bonds is 4. The summed E-state index contributed by atoms with van der Waals surface area (Å²) in [6, 6.07) is 8.24. The van der Waals surface area contributed by atoms with Crippen molar-refractivity contribution in [2.45, 2.75) is 38.8 Å². The molecule has 1 aliphatic heterocycles. The molecule has 0 radical (unpaired) electrons. The lowest BCUT2D eigenvalue weighted by atomic mass is 10.1. The molecule has 0 saturated carbocycles. The van der Waals surface area contributed by atoms with Crippen LogP contribution in [0.4, 0.5) is 0 Å². The highest BCUT2D eigenvalue weighted by Crippen LogP contribution is 2.16. The van der Waals surface area contributed by atoms with Gasteiger partial charge in [-0.3, -0.25) is 4.79 Å². The van der Waals surface area contributed by atoms with Crippen LogP contribution in [-0.4, -0.2) is 34.6 Å². The molecule has 1 aliphatic rings. The Morgan fingerprint density at radius 2 is 2.33 bits per heavy atom. The van der Waals surface area contributed by atoms with Gasteiger partial charge in [-0.25, -0.2) is 4.98 Å². The van der Waals surface area contributed by atoms with Crippen molar-refractivity contribution in [3.05, 3.63) is 30.1 Å². The normalized spacial score (nSPS) is 18.8. The van der Waals surface area contributed by atoms with E-state index in [9.17, 15) is 4.79 Å². The molecule has 1 aromatic carbocycles. The summed E-state index contributed by atoms with van der Waals surface area (Å²) in [5.41, 5.74) is 1.99. The third-order valence-electron chi connectivity index (χ3n) is 4.01. The summed E-state index contributed by atoms with van der Waals surface area (Å²) in [5.74, 6) is 1.04. The Hall–Kier alpha value is -1.88. The van der Waals surface area contributed by atoms with Crippen molar-refractivity contribution in [1.29, 1.82) is 0 Å². The number of fused-ring (bicyclic) bond motifs is 1. The van der Waals surface area contributed by atoms with Crippen LogP contribution in [0.25, 0.3) is 11.0 Å².